The van der Waals surface area contributed by atoms with Crippen LogP contribution in [-0.2, 0) is 19.5 Å². The first-order valence-electron chi connectivity index (χ1n) is 10.2. The molecule has 0 spiro atoms. The lowest BCUT2D eigenvalue weighted by Crippen LogP contribution is -2.35. The Hall–Kier alpha value is -3.22. The van der Waals surface area contributed by atoms with Crippen molar-refractivity contribution in [2.45, 2.75) is 26.4 Å². The van der Waals surface area contributed by atoms with Crippen molar-refractivity contribution in [1.82, 2.24) is 19.4 Å². The van der Waals surface area contributed by atoms with Crippen molar-refractivity contribution in [2.24, 2.45) is 0 Å². The minimum atomic E-state index is -0.106. The first kappa shape index (κ1) is 19.7. The minimum Gasteiger partial charge on any atom is -0.306 e. The van der Waals surface area contributed by atoms with Crippen LogP contribution in [0.15, 0.2) is 59.5 Å². The number of nitrogens with one attached hydrogen (secondary N) is 1. The van der Waals surface area contributed by atoms with E-state index in [1.54, 1.807) is 23.6 Å². The normalized spacial score (nSPS) is 14.0. The third-order valence-electron chi connectivity index (χ3n) is 5.79. The van der Waals surface area contributed by atoms with Gasteiger partial charge in [-0.25, -0.2) is 4.98 Å². The van der Waals surface area contributed by atoms with E-state index >= 15 is 0 Å². The van der Waals surface area contributed by atoms with E-state index in [-0.39, 0.29) is 11.5 Å². The predicted molar refractivity (Wildman–Crippen MR) is 121 cm³/mol. The maximum Gasteiger partial charge on any atom is 0.255 e. The number of halogens is 1. The van der Waals surface area contributed by atoms with Gasteiger partial charge in [0.1, 0.15) is 5.82 Å². The van der Waals surface area contributed by atoms with Crippen molar-refractivity contribution in [1.29, 1.82) is 0 Å². The molecule has 0 bridgehead atoms. The Bertz CT molecular complexity index is 1350. The van der Waals surface area contributed by atoms with E-state index in [4.69, 9.17) is 16.6 Å². The number of H-pyrrole nitrogens is 1. The Labute approximate surface area is 184 Å². The highest BCUT2D eigenvalue weighted by molar-refractivity contribution is 6.30. The zero-order chi connectivity index (χ0) is 21.5. The first-order chi connectivity index (χ1) is 15.0. The molecule has 1 aliphatic heterocycles. The number of carbonyl (C=O) groups excluding carboxylic acids is 1. The summed E-state index contributed by atoms with van der Waals surface area (Å²) in [6, 6.07) is 15.2. The van der Waals surface area contributed by atoms with Gasteiger partial charge >= 0.3 is 0 Å². The lowest BCUT2D eigenvalue weighted by Gasteiger charge is -2.27. The van der Waals surface area contributed by atoms with E-state index in [0.717, 1.165) is 34.3 Å². The summed E-state index contributed by atoms with van der Waals surface area (Å²) in [6.45, 7) is 3.55. The van der Waals surface area contributed by atoms with Gasteiger partial charge in [0.2, 0.25) is 5.91 Å². The summed E-state index contributed by atoms with van der Waals surface area (Å²) >= 11 is 5.97. The maximum absolute atomic E-state index is 12.8. The zero-order valence-corrected chi connectivity index (χ0v) is 17.8. The number of aromatic nitrogens is 3. The molecule has 0 aliphatic carbocycles. The topological polar surface area (TPSA) is 71.0 Å². The Morgan fingerprint density at radius 1 is 1.16 bits per heavy atom. The fourth-order valence-electron chi connectivity index (χ4n) is 4.24. The van der Waals surface area contributed by atoms with E-state index < -0.39 is 0 Å². The number of carbonyl (C=O) groups is 1. The molecule has 6 nitrogen and oxygen atoms in total. The van der Waals surface area contributed by atoms with Crippen LogP contribution in [0.1, 0.15) is 28.5 Å². The SMILES string of the molecule is CC(=O)n1cc(CN2CCc3nc(-c4ccc(Cl)cc4)[nH]c(=O)c3C2)c2ccccc21. The summed E-state index contributed by atoms with van der Waals surface area (Å²) < 4.78 is 1.69. The van der Waals surface area contributed by atoms with Gasteiger partial charge in [-0.2, -0.15) is 0 Å². The van der Waals surface area contributed by atoms with E-state index in [9.17, 15) is 9.59 Å². The van der Waals surface area contributed by atoms with Gasteiger partial charge in [0.25, 0.3) is 5.56 Å². The second-order valence-corrected chi connectivity index (χ2v) is 8.30. The highest BCUT2D eigenvalue weighted by Crippen LogP contribution is 2.25. The largest absolute Gasteiger partial charge is 0.306 e. The first-order valence-corrected chi connectivity index (χ1v) is 10.6. The van der Waals surface area contributed by atoms with Gasteiger partial charge in [-0.1, -0.05) is 29.8 Å². The summed E-state index contributed by atoms with van der Waals surface area (Å²) in [6.07, 6.45) is 2.61. The van der Waals surface area contributed by atoms with Gasteiger partial charge in [-0.15, -0.1) is 0 Å². The Balaban J connectivity index is 1.43. The van der Waals surface area contributed by atoms with Crippen LogP contribution < -0.4 is 5.56 Å². The number of aromatic amines is 1. The molecule has 0 amide bonds. The number of benzene rings is 2. The van der Waals surface area contributed by atoms with Crippen molar-refractivity contribution >= 4 is 28.4 Å². The Morgan fingerprint density at radius 3 is 2.71 bits per heavy atom. The molecule has 0 unspecified atom stereocenters. The molecular weight excluding hydrogens is 412 g/mol. The standard InChI is InChI=1S/C24H21ClN4O2/c1-15(30)29-13-17(19-4-2-3-5-22(19)29)12-28-11-10-21-20(14-28)24(31)27-23(26-21)16-6-8-18(25)9-7-16/h2-9,13H,10-12,14H2,1H3,(H,26,27,31). The van der Waals surface area contributed by atoms with Gasteiger partial charge in [-0.3, -0.25) is 19.1 Å². The molecule has 156 valence electrons. The Morgan fingerprint density at radius 2 is 1.94 bits per heavy atom. The third-order valence-corrected chi connectivity index (χ3v) is 6.04. The number of fused-ring (bicyclic) bond motifs is 2. The maximum atomic E-state index is 12.8. The average Bonchev–Trinajstić information content (AvgIpc) is 3.13. The van der Waals surface area contributed by atoms with Crippen LogP contribution in [0.5, 0.6) is 0 Å². The second-order valence-electron chi connectivity index (χ2n) is 7.87. The van der Waals surface area contributed by atoms with Crippen LogP contribution >= 0.6 is 11.6 Å². The van der Waals surface area contributed by atoms with Crippen LogP contribution in [0.25, 0.3) is 22.3 Å². The minimum absolute atomic E-state index is 0.0122. The van der Waals surface area contributed by atoms with E-state index in [2.05, 4.69) is 9.88 Å². The smallest absolute Gasteiger partial charge is 0.255 e. The molecule has 2 aromatic carbocycles. The van der Waals surface area contributed by atoms with Crippen LogP contribution in [0.3, 0.4) is 0 Å². The quantitative estimate of drug-likeness (QED) is 0.525. The van der Waals surface area contributed by atoms with Crippen molar-refractivity contribution in [3.63, 3.8) is 0 Å². The lowest BCUT2D eigenvalue weighted by molar-refractivity contribution is 0.0941. The molecule has 0 radical (unpaired) electrons. The number of nitrogens with zero attached hydrogens (tertiary/aromatic N) is 3. The molecule has 1 N–H and O–H groups in total. The molecule has 0 saturated heterocycles. The van der Waals surface area contributed by atoms with E-state index in [1.165, 1.54) is 0 Å². The highest BCUT2D eigenvalue weighted by Gasteiger charge is 2.23. The van der Waals surface area contributed by atoms with Gasteiger partial charge in [-0.05, 0) is 35.9 Å². The molecular formula is C24H21ClN4O2. The molecule has 1 aliphatic rings. The highest BCUT2D eigenvalue weighted by atomic mass is 35.5. The fourth-order valence-corrected chi connectivity index (χ4v) is 4.36. The van der Waals surface area contributed by atoms with Crippen molar-refractivity contribution in [3.05, 3.63) is 86.9 Å². The van der Waals surface area contributed by atoms with Gasteiger partial charge in [0.15, 0.2) is 0 Å². The molecule has 2 aromatic heterocycles. The number of hydrogen-bond donors (Lipinski definition) is 1. The van der Waals surface area contributed by atoms with Gasteiger partial charge in [0.05, 0.1) is 16.8 Å². The molecule has 0 fully saturated rings. The van der Waals surface area contributed by atoms with Crippen molar-refractivity contribution < 1.29 is 4.79 Å². The summed E-state index contributed by atoms with van der Waals surface area (Å²) in [5.41, 5.74) is 4.27. The van der Waals surface area contributed by atoms with Gasteiger partial charge in [0, 0.05) is 55.1 Å². The molecule has 0 atom stereocenters. The van der Waals surface area contributed by atoms with Crippen molar-refractivity contribution in [2.75, 3.05) is 6.54 Å². The summed E-state index contributed by atoms with van der Waals surface area (Å²) in [5.74, 6) is 0.556. The van der Waals surface area contributed by atoms with Crippen molar-refractivity contribution in [3.8, 4) is 11.4 Å². The molecule has 4 aromatic rings. The number of rotatable bonds is 3. The third kappa shape index (κ3) is 3.69. The molecule has 5 rings (SSSR count). The number of hydrogen-bond acceptors (Lipinski definition) is 4. The summed E-state index contributed by atoms with van der Waals surface area (Å²) in [4.78, 5) is 34.7. The summed E-state index contributed by atoms with van der Waals surface area (Å²) in [5, 5.41) is 1.71. The lowest BCUT2D eigenvalue weighted by atomic mass is 10.1. The van der Waals surface area contributed by atoms with Gasteiger partial charge < -0.3 is 4.98 Å². The van der Waals surface area contributed by atoms with Crippen LogP contribution in [0, 0.1) is 0 Å². The van der Waals surface area contributed by atoms with Crippen LogP contribution in [-0.4, -0.2) is 31.9 Å². The zero-order valence-electron chi connectivity index (χ0n) is 17.1. The molecule has 7 heteroatoms. The number of para-hydroxylation sites is 1. The average molecular weight is 433 g/mol. The summed E-state index contributed by atoms with van der Waals surface area (Å²) in [7, 11) is 0. The molecule has 31 heavy (non-hydrogen) atoms. The molecule has 3 heterocycles. The second kappa shape index (κ2) is 7.80. The molecule has 0 saturated carbocycles. The van der Waals surface area contributed by atoms with Crippen LogP contribution in [0.2, 0.25) is 5.02 Å². The van der Waals surface area contributed by atoms with E-state index in [1.807, 2.05) is 42.6 Å². The van der Waals surface area contributed by atoms with Crippen LogP contribution in [0.4, 0.5) is 0 Å². The van der Waals surface area contributed by atoms with E-state index in [0.29, 0.717) is 35.9 Å². The predicted octanol–water partition coefficient (Wildman–Crippen LogP) is 4.26. The Kier molecular flexibility index (Phi) is 4.96. The fraction of sp³-hybridized carbons (Fsp3) is 0.208. The monoisotopic (exact) mass is 432 g/mol.